The second-order valence-corrected chi connectivity index (χ2v) is 5.60. The van der Waals surface area contributed by atoms with E-state index in [0.717, 1.165) is 12.8 Å². The van der Waals surface area contributed by atoms with E-state index in [9.17, 15) is 4.79 Å². The molecule has 0 aromatic heterocycles. The number of benzene rings is 1. The van der Waals surface area contributed by atoms with Gasteiger partial charge in [0.05, 0.1) is 18.8 Å². The summed E-state index contributed by atoms with van der Waals surface area (Å²) in [4.78, 5) is 11.7. The number of carbonyl (C=O) groups excluding carboxylic acids is 1. The molecule has 1 atom stereocenters. The predicted molar refractivity (Wildman–Crippen MR) is 75.9 cm³/mol. The first-order valence-corrected chi connectivity index (χ1v) is 6.70. The summed E-state index contributed by atoms with van der Waals surface area (Å²) < 4.78 is 16.3. The third-order valence-electron chi connectivity index (χ3n) is 3.39. The molecule has 0 saturated carbocycles. The van der Waals surface area contributed by atoms with Gasteiger partial charge in [-0.05, 0) is 44.9 Å². The van der Waals surface area contributed by atoms with Crippen LogP contribution in [-0.2, 0) is 9.47 Å². The number of ether oxygens (including phenoxy) is 3. The number of nitrogen functional groups attached to an aromatic ring is 1. The lowest BCUT2D eigenvalue weighted by atomic mass is 10.1. The van der Waals surface area contributed by atoms with Gasteiger partial charge in [0.25, 0.3) is 0 Å². The molecule has 1 aromatic carbocycles. The lowest BCUT2D eigenvalue weighted by Gasteiger charge is -2.20. The van der Waals surface area contributed by atoms with E-state index in [-0.39, 0.29) is 11.7 Å². The van der Waals surface area contributed by atoms with Crippen molar-refractivity contribution in [2.45, 2.75) is 38.4 Å². The second-order valence-electron chi connectivity index (χ2n) is 5.60. The van der Waals surface area contributed by atoms with E-state index in [1.165, 1.54) is 7.11 Å². The summed E-state index contributed by atoms with van der Waals surface area (Å²) in [6.45, 7) is 4.55. The Kier molecular flexibility index (Phi) is 4.18. The summed E-state index contributed by atoms with van der Waals surface area (Å²) in [7, 11) is 1.33. The molecular formula is C15H21NO4. The Morgan fingerprint density at radius 1 is 1.50 bits per heavy atom. The molecule has 0 amide bonds. The molecule has 1 unspecified atom stereocenters. The molecule has 1 aliphatic heterocycles. The number of hydrogen-bond donors (Lipinski definition) is 1. The average Bonchev–Trinajstić information content (AvgIpc) is 2.76. The number of carbonyl (C=O) groups is 1. The second kappa shape index (κ2) is 5.71. The molecule has 0 aliphatic carbocycles. The van der Waals surface area contributed by atoms with E-state index >= 15 is 0 Å². The quantitative estimate of drug-likeness (QED) is 0.677. The van der Waals surface area contributed by atoms with Crippen LogP contribution in [0.3, 0.4) is 0 Å². The van der Waals surface area contributed by atoms with Crippen molar-refractivity contribution in [2.75, 3.05) is 19.5 Å². The van der Waals surface area contributed by atoms with Crippen LogP contribution in [0.15, 0.2) is 18.2 Å². The Hall–Kier alpha value is -1.75. The minimum absolute atomic E-state index is 0.0491. The van der Waals surface area contributed by atoms with Gasteiger partial charge in [-0.25, -0.2) is 4.79 Å². The number of methoxy groups -OCH3 is 1. The van der Waals surface area contributed by atoms with Crippen LogP contribution in [0.1, 0.15) is 37.0 Å². The summed E-state index contributed by atoms with van der Waals surface area (Å²) >= 11 is 0. The maximum absolute atomic E-state index is 11.7. The highest BCUT2D eigenvalue weighted by molar-refractivity contribution is 5.93. The van der Waals surface area contributed by atoms with Crippen LogP contribution in [0.2, 0.25) is 0 Å². The predicted octanol–water partition coefficient (Wildman–Crippen LogP) is 2.39. The van der Waals surface area contributed by atoms with E-state index in [1.807, 2.05) is 0 Å². The molecule has 2 N–H and O–H groups in total. The number of nitrogens with two attached hydrogens (primary N) is 1. The molecule has 20 heavy (non-hydrogen) atoms. The fourth-order valence-electron chi connectivity index (χ4n) is 2.32. The summed E-state index contributed by atoms with van der Waals surface area (Å²) in [6, 6.07) is 4.93. The van der Waals surface area contributed by atoms with Crippen molar-refractivity contribution >= 4 is 11.7 Å². The topological polar surface area (TPSA) is 70.8 Å². The SMILES string of the molecule is COC(=O)c1cc(N)ccc1OCC1CCC(C)(C)O1. The van der Waals surface area contributed by atoms with E-state index in [0.29, 0.717) is 23.6 Å². The largest absolute Gasteiger partial charge is 0.490 e. The molecule has 110 valence electrons. The summed E-state index contributed by atoms with van der Waals surface area (Å²) in [5.41, 5.74) is 6.42. The summed E-state index contributed by atoms with van der Waals surface area (Å²) in [6.07, 6.45) is 2.01. The van der Waals surface area contributed by atoms with Crippen molar-refractivity contribution in [3.8, 4) is 5.75 Å². The van der Waals surface area contributed by atoms with Crippen molar-refractivity contribution in [2.24, 2.45) is 0 Å². The molecule has 2 rings (SSSR count). The van der Waals surface area contributed by atoms with E-state index in [4.69, 9.17) is 19.9 Å². The van der Waals surface area contributed by atoms with Crippen LogP contribution in [0, 0.1) is 0 Å². The zero-order chi connectivity index (χ0) is 14.8. The highest BCUT2D eigenvalue weighted by Gasteiger charge is 2.32. The van der Waals surface area contributed by atoms with Crippen molar-refractivity contribution in [1.82, 2.24) is 0 Å². The number of rotatable bonds is 4. The fourth-order valence-corrected chi connectivity index (χ4v) is 2.32. The Morgan fingerprint density at radius 3 is 2.85 bits per heavy atom. The van der Waals surface area contributed by atoms with Gasteiger partial charge in [-0.2, -0.15) is 0 Å². The van der Waals surface area contributed by atoms with Crippen molar-refractivity contribution < 1.29 is 19.0 Å². The summed E-state index contributed by atoms with van der Waals surface area (Å²) in [5.74, 6) is 0.0133. The van der Waals surface area contributed by atoms with Crippen LogP contribution in [0.4, 0.5) is 5.69 Å². The standard InChI is InChI=1S/C15H21NO4/c1-15(2)7-6-11(20-15)9-19-13-5-4-10(16)8-12(13)14(17)18-3/h4-5,8,11H,6-7,9,16H2,1-3H3. The van der Waals surface area contributed by atoms with Crippen LogP contribution < -0.4 is 10.5 Å². The number of anilines is 1. The Morgan fingerprint density at radius 2 is 2.25 bits per heavy atom. The molecule has 5 nitrogen and oxygen atoms in total. The number of hydrogen-bond acceptors (Lipinski definition) is 5. The highest BCUT2D eigenvalue weighted by Crippen LogP contribution is 2.30. The van der Waals surface area contributed by atoms with Crippen molar-refractivity contribution in [3.63, 3.8) is 0 Å². The van der Waals surface area contributed by atoms with Crippen LogP contribution in [-0.4, -0.2) is 31.4 Å². The lowest BCUT2D eigenvalue weighted by Crippen LogP contribution is -2.24. The molecular weight excluding hydrogens is 258 g/mol. The lowest BCUT2D eigenvalue weighted by molar-refractivity contribution is -0.0328. The van der Waals surface area contributed by atoms with Crippen LogP contribution in [0.5, 0.6) is 5.75 Å². The van der Waals surface area contributed by atoms with E-state index in [1.54, 1.807) is 18.2 Å². The van der Waals surface area contributed by atoms with Gasteiger partial charge in [-0.15, -0.1) is 0 Å². The maximum Gasteiger partial charge on any atom is 0.341 e. The third kappa shape index (κ3) is 3.42. The molecule has 1 saturated heterocycles. The Bertz CT molecular complexity index is 499. The highest BCUT2D eigenvalue weighted by atomic mass is 16.6. The van der Waals surface area contributed by atoms with Gasteiger partial charge >= 0.3 is 5.97 Å². The zero-order valence-corrected chi connectivity index (χ0v) is 12.1. The third-order valence-corrected chi connectivity index (χ3v) is 3.39. The van der Waals surface area contributed by atoms with Gasteiger partial charge in [-0.1, -0.05) is 0 Å². The molecule has 0 bridgehead atoms. The maximum atomic E-state index is 11.7. The first kappa shape index (κ1) is 14.7. The fraction of sp³-hybridized carbons (Fsp3) is 0.533. The summed E-state index contributed by atoms with van der Waals surface area (Å²) in [5, 5.41) is 0. The molecule has 1 fully saturated rings. The van der Waals surface area contributed by atoms with E-state index in [2.05, 4.69) is 13.8 Å². The van der Waals surface area contributed by atoms with Gasteiger partial charge in [-0.3, -0.25) is 0 Å². The molecule has 1 heterocycles. The van der Waals surface area contributed by atoms with Gasteiger partial charge < -0.3 is 19.9 Å². The average molecular weight is 279 g/mol. The normalized spacial score (nSPS) is 20.6. The van der Waals surface area contributed by atoms with Gasteiger partial charge in [0, 0.05) is 5.69 Å². The first-order chi connectivity index (χ1) is 9.41. The molecule has 0 spiro atoms. The van der Waals surface area contributed by atoms with E-state index < -0.39 is 5.97 Å². The van der Waals surface area contributed by atoms with Crippen molar-refractivity contribution in [3.05, 3.63) is 23.8 Å². The zero-order valence-electron chi connectivity index (χ0n) is 12.1. The molecule has 1 aliphatic rings. The Labute approximate surface area is 119 Å². The van der Waals surface area contributed by atoms with Crippen LogP contribution >= 0.6 is 0 Å². The van der Waals surface area contributed by atoms with Gasteiger partial charge in [0.15, 0.2) is 0 Å². The first-order valence-electron chi connectivity index (χ1n) is 6.70. The monoisotopic (exact) mass is 279 g/mol. The number of esters is 1. The minimum Gasteiger partial charge on any atom is -0.490 e. The van der Waals surface area contributed by atoms with Gasteiger partial charge in [0.2, 0.25) is 0 Å². The molecule has 5 heteroatoms. The Balaban J connectivity index is 2.04. The smallest absolute Gasteiger partial charge is 0.341 e. The minimum atomic E-state index is -0.458. The van der Waals surface area contributed by atoms with Gasteiger partial charge in [0.1, 0.15) is 17.9 Å². The van der Waals surface area contributed by atoms with Crippen LogP contribution in [0.25, 0.3) is 0 Å². The molecule has 1 aromatic rings. The van der Waals surface area contributed by atoms with Crippen molar-refractivity contribution in [1.29, 1.82) is 0 Å². The molecule has 0 radical (unpaired) electrons.